The molecule has 3 rings (SSSR count). The molecule has 0 radical (unpaired) electrons. The molecule has 1 saturated carbocycles. The third kappa shape index (κ3) is 4.52. The first-order valence-electron chi connectivity index (χ1n) is 9.92. The number of halogens is 2. The van der Waals surface area contributed by atoms with Crippen LogP contribution in [-0.2, 0) is 16.6 Å². The van der Waals surface area contributed by atoms with Crippen LogP contribution in [0.15, 0.2) is 36.4 Å². The van der Waals surface area contributed by atoms with Crippen LogP contribution in [0.25, 0.3) is 0 Å². The minimum absolute atomic E-state index is 0.104. The van der Waals surface area contributed by atoms with Crippen LogP contribution in [0.3, 0.4) is 0 Å². The molecule has 2 aromatic rings. The Kier molecular flexibility index (Phi) is 6.72. The molecule has 156 valence electrons. The molecule has 0 aliphatic heterocycles. The van der Waals surface area contributed by atoms with Gasteiger partial charge in [-0.1, -0.05) is 31.0 Å². The molecule has 1 aliphatic rings. The van der Waals surface area contributed by atoms with Gasteiger partial charge in [-0.2, -0.15) is 0 Å². The SMILES string of the molecule is COc1cccc(CCC(=O)NCC2(c3c(F)cccc3F)CCCC2)c1OC. The Morgan fingerprint density at radius 2 is 1.69 bits per heavy atom. The van der Waals surface area contributed by atoms with Gasteiger partial charge in [-0.05, 0) is 43.0 Å². The highest BCUT2D eigenvalue weighted by Gasteiger charge is 2.40. The molecule has 6 heteroatoms. The summed E-state index contributed by atoms with van der Waals surface area (Å²) in [5.41, 5.74) is 0.295. The largest absolute Gasteiger partial charge is 0.493 e. The van der Waals surface area contributed by atoms with Crippen molar-refractivity contribution in [2.75, 3.05) is 20.8 Å². The number of hydrogen-bond acceptors (Lipinski definition) is 3. The number of amides is 1. The zero-order valence-corrected chi connectivity index (χ0v) is 16.9. The lowest BCUT2D eigenvalue weighted by atomic mass is 9.78. The second-order valence-corrected chi connectivity index (χ2v) is 7.51. The molecule has 0 saturated heterocycles. The van der Waals surface area contributed by atoms with Gasteiger partial charge >= 0.3 is 0 Å². The summed E-state index contributed by atoms with van der Waals surface area (Å²) in [4.78, 5) is 12.5. The molecule has 0 heterocycles. The fourth-order valence-electron chi connectivity index (χ4n) is 4.33. The second kappa shape index (κ2) is 9.25. The van der Waals surface area contributed by atoms with Gasteiger partial charge in [-0.25, -0.2) is 8.78 Å². The average Bonchev–Trinajstić information content (AvgIpc) is 3.19. The topological polar surface area (TPSA) is 47.6 Å². The van der Waals surface area contributed by atoms with Crippen molar-refractivity contribution in [1.29, 1.82) is 0 Å². The maximum atomic E-state index is 14.4. The van der Waals surface area contributed by atoms with Crippen molar-refractivity contribution >= 4 is 5.91 Å². The molecule has 0 bridgehead atoms. The van der Waals surface area contributed by atoms with E-state index in [1.165, 1.54) is 18.2 Å². The zero-order valence-electron chi connectivity index (χ0n) is 16.9. The Bertz CT molecular complexity index is 843. The lowest BCUT2D eigenvalue weighted by molar-refractivity contribution is -0.121. The number of carbonyl (C=O) groups is 1. The van der Waals surface area contributed by atoms with E-state index in [1.54, 1.807) is 20.3 Å². The third-order valence-electron chi connectivity index (χ3n) is 5.78. The van der Waals surface area contributed by atoms with Crippen LogP contribution >= 0.6 is 0 Å². The Labute approximate surface area is 170 Å². The molecular formula is C23H27F2NO3. The summed E-state index contributed by atoms with van der Waals surface area (Å²) in [6, 6.07) is 9.49. The van der Waals surface area contributed by atoms with Crippen LogP contribution in [0, 0.1) is 11.6 Å². The van der Waals surface area contributed by atoms with Crippen molar-refractivity contribution in [3.05, 3.63) is 59.2 Å². The van der Waals surface area contributed by atoms with Crippen LogP contribution < -0.4 is 14.8 Å². The van der Waals surface area contributed by atoms with Crippen LogP contribution in [0.2, 0.25) is 0 Å². The van der Waals surface area contributed by atoms with Gasteiger partial charge in [-0.3, -0.25) is 4.79 Å². The number of nitrogens with one attached hydrogen (secondary N) is 1. The van der Waals surface area contributed by atoms with E-state index in [0.29, 0.717) is 30.8 Å². The van der Waals surface area contributed by atoms with Gasteiger partial charge in [0.2, 0.25) is 5.91 Å². The molecule has 29 heavy (non-hydrogen) atoms. The van der Waals surface area contributed by atoms with E-state index in [4.69, 9.17) is 9.47 Å². The number of aryl methyl sites for hydroxylation is 1. The number of carbonyl (C=O) groups excluding carboxylic acids is 1. The lowest BCUT2D eigenvalue weighted by Gasteiger charge is -2.30. The van der Waals surface area contributed by atoms with Crippen molar-refractivity contribution in [2.45, 2.75) is 43.9 Å². The van der Waals surface area contributed by atoms with Gasteiger partial charge in [0.15, 0.2) is 11.5 Å². The summed E-state index contributed by atoms with van der Waals surface area (Å²) >= 11 is 0. The molecule has 0 aromatic heterocycles. The standard InChI is InChI=1S/C23H27F2NO3/c1-28-19-10-5-7-16(22(19)29-2)11-12-20(27)26-15-23(13-3-4-14-23)21-17(24)8-6-9-18(21)25/h5-10H,3-4,11-15H2,1-2H3,(H,26,27). The van der Waals surface area contributed by atoms with Crippen molar-refractivity contribution in [3.8, 4) is 11.5 Å². The minimum atomic E-state index is -0.682. The van der Waals surface area contributed by atoms with Gasteiger partial charge < -0.3 is 14.8 Å². The molecule has 0 spiro atoms. The number of rotatable bonds is 8. The Balaban J connectivity index is 1.67. The average molecular weight is 403 g/mol. The van der Waals surface area contributed by atoms with Gasteiger partial charge in [0.05, 0.1) is 14.2 Å². The third-order valence-corrected chi connectivity index (χ3v) is 5.78. The molecular weight excluding hydrogens is 376 g/mol. The van der Waals surface area contributed by atoms with Crippen LogP contribution in [0.4, 0.5) is 8.78 Å². The van der Waals surface area contributed by atoms with E-state index < -0.39 is 17.0 Å². The van der Waals surface area contributed by atoms with Gasteiger partial charge in [0.1, 0.15) is 11.6 Å². The molecule has 1 aliphatic carbocycles. The fraction of sp³-hybridized carbons (Fsp3) is 0.435. The molecule has 2 aromatic carbocycles. The first-order valence-corrected chi connectivity index (χ1v) is 9.92. The maximum absolute atomic E-state index is 14.4. The van der Waals surface area contributed by atoms with E-state index in [9.17, 15) is 13.6 Å². The Morgan fingerprint density at radius 3 is 2.31 bits per heavy atom. The smallest absolute Gasteiger partial charge is 0.220 e. The van der Waals surface area contributed by atoms with E-state index in [1.807, 2.05) is 12.1 Å². The molecule has 0 atom stereocenters. The maximum Gasteiger partial charge on any atom is 0.220 e. The first-order chi connectivity index (χ1) is 14.0. The van der Waals surface area contributed by atoms with Crippen LogP contribution in [0.5, 0.6) is 11.5 Å². The zero-order chi connectivity index (χ0) is 20.9. The molecule has 1 amide bonds. The Morgan fingerprint density at radius 1 is 1.03 bits per heavy atom. The summed E-state index contributed by atoms with van der Waals surface area (Å²) in [5, 5.41) is 2.91. The van der Waals surface area contributed by atoms with Crippen molar-refractivity contribution in [1.82, 2.24) is 5.32 Å². The van der Waals surface area contributed by atoms with Gasteiger partial charge in [0.25, 0.3) is 0 Å². The van der Waals surface area contributed by atoms with Crippen molar-refractivity contribution in [3.63, 3.8) is 0 Å². The minimum Gasteiger partial charge on any atom is -0.493 e. The molecule has 4 nitrogen and oxygen atoms in total. The summed E-state index contributed by atoms with van der Waals surface area (Å²) in [6.45, 7) is 0.235. The summed E-state index contributed by atoms with van der Waals surface area (Å²) in [6.07, 6.45) is 3.84. The van der Waals surface area contributed by atoms with Crippen molar-refractivity contribution in [2.24, 2.45) is 0 Å². The van der Waals surface area contributed by atoms with E-state index in [0.717, 1.165) is 18.4 Å². The number of para-hydroxylation sites is 1. The number of benzene rings is 2. The monoisotopic (exact) mass is 403 g/mol. The number of methoxy groups -OCH3 is 2. The van der Waals surface area contributed by atoms with Crippen molar-refractivity contribution < 1.29 is 23.0 Å². The predicted molar refractivity (Wildman–Crippen MR) is 107 cm³/mol. The highest BCUT2D eigenvalue weighted by molar-refractivity contribution is 5.76. The van der Waals surface area contributed by atoms with Gasteiger partial charge in [0, 0.05) is 23.9 Å². The van der Waals surface area contributed by atoms with Gasteiger partial charge in [-0.15, -0.1) is 0 Å². The fourth-order valence-corrected chi connectivity index (χ4v) is 4.33. The Hall–Kier alpha value is -2.63. The normalized spacial score (nSPS) is 15.2. The second-order valence-electron chi connectivity index (χ2n) is 7.51. The highest BCUT2D eigenvalue weighted by atomic mass is 19.1. The summed E-state index contributed by atoms with van der Waals surface area (Å²) in [7, 11) is 3.13. The molecule has 1 N–H and O–H groups in total. The number of ether oxygens (including phenoxy) is 2. The summed E-state index contributed by atoms with van der Waals surface area (Å²) < 4.78 is 39.5. The molecule has 0 unspecified atom stereocenters. The first kappa shape index (κ1) is 21.1. The van der Waals surface area contributed by atoms with E-state index in [2.05, 4.69) is 5.32 Å². The number of hydrogen-bond donors (Lipinski definition) is 1. The summed E-state index contributed by atoms with van der Waals surface area (Å²) in [5.74, 6) is -0.00346. The van der Waals surface area contributed by atoms with Crippen LogP contribution in [0.1, 0.15) is 43.2 Å². The molecule has 1 fully saturated rings. The predicted octanol–water partition coefficient (Wildman–Crippen LogP) is 4.54. The van der Waals surface area contributed by atoms with Crippen LogP contribution in [-0.4, -0.2) is 26.7 Å². The van der Waals surface area contributed by atoms with E-state index in [-0.39, 0.29) is 24.4 Å². The van der Waals surface area contributed by atoms with E-state index >= 15 is 0 Å². The lowest BCUT2D eigenvalue weighted by Crippen LogP contribution is -2.40. The highest BCUT2D eigenvalue weighted by Crippen LogP contribution is 2.42. The quantitative estimate of drug-likeness (QED) is 0.704.